The Labute approximate surface area is 486 Å². The smallest absolute Gasteiger partial charge is 0.323 e. The lowest BCUT2D eigenvalue weighted by Gasteiger charge is -2.32. The molecule has 0 spiro atoms. The molecule has 1 fully saturated rings. The third-order valence-electron chi connectivity index (χ3n) is 13.8. The van der Waals surface area contributed by atoms with Gasteiger partial charge in [0.25, 0.3) is 5.56 Å². The lowest BCUT2D eigenvalue weighted by molar-refractivity contribution is -0.146. The third-order valence-corrected chi connectivity index (χ3v) is 18.4. The number of nitrogen functional groups attached to an aromatic ring is 1. The lowest BCUT2D eigenvalue weighted by atomic mass is 10.1. The zero-order valence-electron chi connectivity index (χ0n) is 47.4. The predicted molar refractivity (Wildman–Crippen MR) is 313 cm³/mol. The Kier molecular flexibility index (Phi) is 23.6. The Morgan fingerprint density at radius 3 is 1.42 bits per heavy atom. The number of hydrogen-bond donors (Lipinski definition) is 7. The largest absolute Gasteiger partial charge is 0.465 e. The molecule has 24 nitrogen and oxygen atoms in total. The van der Waals surface area contributed by atoms with Crippen LogP contribution in [0.5, 0.6) is 0 Å². The summed E-state index contributed by atoms with van der Waals surface area (Å²) in [6.45, 7) is 5.33. The van der Waals surface area contributed by atoms with Crippen molar-refractivity contribution in [2.75, 3.05) is 58.0 Å². The highest BCUT2D eigenvalue weighted by Gasteiger charge is 2.44. The topological polar surface area (TPSA) is 327 Å². The van der Waals surface area contributed by atoms with E-state index in [1.54, 1.807) is 137 Å². The molecular weight excluding hydrogens is 1120 g/mol. The number of nitrogens with one attached hydrogen (secondary N) is 5. The van der Waals surface area contributed by atoms with E-state index in [1.807, 2.05) is 12.1 Å². The molecule has 6 aromatic rings. The molecule has 0 radical (unpaired) electrons. The summed E-state index contributed by atoms with van der Waals surface area (Å²) in [5.41, 5.74) is 8.05. The van der Waals surface area contributed by atoms with E-state index in [9.17, 15) is 33.9 Å². The number of imidazole rings is 1. The lowest BCUT2D eigenvalue weighted by Crippen LogP contribution is -2.49. The van der Waals surface area contributed by atoms with Crippen LogP contribution >= 0.6 is 14.9 Å². The Bertz CT molecular complexity index is 3150. The minimum absolute atomic E-state index is 0.00981. The predicted octanol–water partition coefficient (Wildman–Crippen LogP) is 4.62. The van der Waals surface area contributed by atoms with Crippen molar-refractivity contribution in [2.45, 2.75) is 102 Å². The number of nitrogens with zero attached hydrogens (tertiary/aromatic N) is 4. The monoisotopic (exact) mass is 1200 g/mol. The number of aromatic amines is 1. The number of hydrogen-bond acceptors (Lipinski definition) is 17. The zero-order chi connectivity index (χ0) is 60.2. The fraction of sp³-hybridized carbons (Fsp3) is 0.414. The highest BCUT2D eigenvalue weighted by Crippen LogP contribution is 2.45. The van der Waals surface area contributed by atoms with E-state index in [0.29, 0.717) is 22.3 Å². The number of nitrogens with two attached hydrogens (primary N) is 1. The first-order valence-electron chi connectivity index (χ1n) is 27.9. The van der Waals surface area contributed by atoms with Gasteiger partial charge in [-0.3, -0.25) is 42.9 Å². The molecule has 450 valence electrons. The molecule has 1 aliphatic heterocycles. The van der Waals surface area contributed by atoms with Crippen molar-refractivity contribution in [3.8, 4) is 0 Å². The number of esters is 4. The van der Waals surface area contributed by atoms with Crippen LogP contribution in [0, 0.1) is 0 Å². The maximum atomic E-state index is 15.8. The van der Waals surface area contributed by atoms with Crippen LogP contribution in [0.15, 0.2) is 132 Å². The molecule has 7 atom stereocenters. The first kappa shape index (κ1) is 64.2. The second-order valence-corrected chi connectivity index (χ2v) is 24.7. The van der Waals surface area contributed by atoms with Crippen LogP contribution in [0.25, 0.3) is 11.2 Å². The summed E-state index contributed by atoms with van der Waals surface area (Å²) >= 11 is 0. The summed E-state index contributed by atoms with van der Waals surface area (Å²) in [7, 11) is -8.87. The fourth-order valence-corrected chi connectivity index (χ4v) is 14.0. The molecule has 0 bridgehead atoms. The van der Waals surface area contributed by atoms with Crippen molar-refractivity contribution in [3.63, 3.8) is 0 Å². The van der Waals surface area contributed by atoms with Gasteiger partial charge >= 0.3 is 23.9 Å². The molecule has 2 aromatic heterocycles. The standard InChI is InChI=1S/C58H74N10O14P2/c1-5-78-54(72)43(31-39-21-13-9-14-22-39)63-83(76,64-44(55(73)79-6-2)32-40-23-15-10-16-24-40)30-29-49(69)67-35-47(68-38-60-51-52(68)61-58(59)62-53(51)71)48(36-67)82-37-50(70)84(77,65-45(56(74)80-7-3)33-41-25-17-11-18-26-41)66-46(57(75)81-8-4)34-42-27-19-12-20-28-42/h9-28,38,43-48,50,70H,5-8,29-37H2,1-4H3,(H2,63,64,76)(H2,65,66,77)(H3,59,61,62,71)/t43?,44?,45?,46?,47-,48+,50?,83?,84?/m1/s1. The van der Waals surface area contributed by atoms with Gasteiger partial charge in [0.1, 0.15) is 24.2 Å². The van der Waals surface area contributed by atoms with E-state index in [-0.39, 0.29) is 82.3 Å². The molecule has 0 saturated carbocycles. The second kappa shape index (κ2) is 30.9. The maximum absolute atomic E-state index is 15.8. The van der Waals surface area contributed by atoms with Gasteiger partial charge in [-0.2, -0.15) is 4.98 Å². The molecule has 4 aromatic carbocycles. The molecule has 84 heavy (non-hydrogen) atoms. The Balaban J connectivity index is 1.21. The van der Waals surface area contributed by atoms with Crippen LogP contribution in [-0.2, 0) is 82.5 Å². The number of benzene rings is 4. The number of ether oxygens (including phenoxy) is 5. The van der Waals surface area contributed by atoms with Crippen LogP contribution in [0.3, 0.4) is 0 Å². The Morgan fingerprint density at radius 2 is 1.02 bits per heavy atom. The van der Waals surface area contributed by atoms with Crippen LogP contribution in [0.2, 0.25) is 0 Å². The van der Waals surface area contributed by atoms with E-state index in [0.717, 1.165) is 0 Å². The third kappa shape index (κ3) is 17.8. The number of fused-ring (bicyclic) bond motifs is 1. The number of aromatic nitrogens is 4. The molecule has 5 unspecified atom stereocenters. The van der Waals surface area contributed by atoms with Gasteiger partial charge in [0.2, 0.25) is 26.7 Å². The number of anilines is 1. The Hall–Kier alpha value is -7.40. The van der Waals surface area contributed by atoms with Crippen molar-refractivity contribution in [3.05, 3.63) is 160 Å². The van der Waals surface area contributed by atoms with E-state index in [2.05, 4.69) is 35.3 Å². The number of carbonyl (C=O) groups excluding carboxylic acids is 5. The maximum Gasteiger partial charge on any atom is 0.323 e. The number of aliphatic hydroxyl groups excluding tert-OH is 1. The average molecular weight is 1200 g/mol. The van der Waals surface area contributed by atoms with E-state index in [4.69, 9.17) is 29.4 Å². The van der Waals surface area contributed by atoms with Gasteiger partial charge in [-0.1, -0.05) is 121 Å². The van der Waals surface area contributed by atoms with Gasteiger partial charge < -0.3 is 44.0 Å². The van der Waals surface area contributed by atoms with Crippen molar-refractivity contribution in [1.29, 1.82) is 0 Å². The number of rotatable bonds is 32. The number of likely N-dealkylation sites (tertiary alicyclic amines) is 1. The van der Waals surface area contributed by atoms with E-state index in [1.165, 1.54) is 15.8 Å². The van der Waals surface area contributed by atoms with Crippen molar-refractivity contribution < 1.29 is 61.9 Å². The van der Waals surface area contributed by atoms with E-state index >= 15 is 9.13 Å². The van der Waals surface area contributed by atoms with Gasteiger partial charge in [-0.05, 0) is 75.6 Å². The molecular formula is C58H74N10O14P2. The highest BCUT2D eigenvalue weighted by molar-refractivity contribution is 7.60. The van der Waals surface area contributed by atoms with Crippen LogP contribution in [0.4, 0.5) is 5.95 Å². The molecule has 3 heterocycles. The molecule has 8 N–H and O–H groups in total. The van der Waals surface area contributed by atoms with Crippen LogP contribution < -0.4 is 31.6 Å². The summed E-state index contributed by atoms with van der Waals surface area (Å²) in [5, 5.41) is 24.1. The first-order valence-corrected chi connectivity index (χ1v) is 31.5. The van der Waals surface area contributed by atoms with Crippen molar-refractivity contribution in [1.82, 2.24) is 44.8 Å². The number of amides is 1. The SMILES string of the molecule is CCOC(=O)C(Cc1ccccc1)NP(=O)(CCC(=O)N1C[C@H](OCC(O)P(=O)(NC(Cc2ccccc2)C(=O)OCC)NC(Cc2ccccc2)C(=O)OCC)[C@H](n2cnc3c(=O)[nH]c(N)nc32)C1)NC(Cc1ccccc1)C(=O)OCC. The number of carbonyl (C=O) groups is 5. The first-order chi connectivity index (χ1) is 40.4. The Morgan fingerprint density at radius 1 is 0.631 bits per heavy atom. The summed E-state index contributed by atoms with van der Waals surface area (Å²) < 4.78 is 61.2. The second-order valence-electron chi connectivity index (χ2n) is 19.9. The molecule has 7 rings (SSSR count). The van der Waals surface area contributed by atoms with Crippen LogP contribution in [-0.4, -0.2) is 148 Å². The normalized spacial score (nSPS) is 17.4. The quantitative estimate of drug-likeness (QED) is 0.0172. The van der Waals surface area contributed by atoms with Crippen LogP contribution in [0.1, 0.15) is 62.4 Å². The number of H-pyrrole nitrogens is 1. The van der Waals surface area contributed by atoms with Gasteiger partial charge in [-0.15, -0.1) is 0 Å². The summed E-state index contributed by atoms with van der Waals surface area (Å²) in [6, 6.07) is 29.6. The zero-order valence-corrected chi connectivity index (χ0v) is 49.2. The van der Waals surface area contributed by atoms with Gasteiger partial charge in [0.05, 0.1) is 51.5 Å². The highest BCUT2D eigenvalue weighted by atomic mass is 31.2. The van der Waals surface area contributed by atoms with Crippen molar-refractivity contribution >= 4 is 61.8 Å². The van der Waals surface area contributed by atoms with Crippen molar-refractivity contribution in [2.24, 2.45) is 0 Å². The summed E-state index contributed by atoms with van der Waals surface area (Å²) in [5.74, 6) is -5.84. The van der Waals surface area contributed by atoms with E-state index < -0.39 is 112 Å². The summed E-state index contributed by atoms with van der Waals surface area (Å²) in [6.07, 6.45) is -0.684. The minimum atomic E-state index is -4.65. The molecule has 1 saturated heterocycles. The average Bonchev–Trinajstić information content (AvgIpc) is 2.21. The minimum Gasteiger partial charge on any atom is -0.465 e. The summed E-state index contributed by atoms with van der Waals surface area (Å²) in [4.78, 5) is 95.3. The molecule has 1 aliphatic rings. The number of aliphatic hydroxyl groups is 1. The molecule has 1 amide bonds. The van der Waals surface area contributed by atoms with Gasteiger partial charge in [-0.25, -0.2) is 25.3 Å². The van der Waals surface area contributed by atoms with Gasteiger partial charge in [0.15, 0.2) is 17.0 Å². The molecule has 26 heteroatoms. The fourth-order valence-electron chi connectivity index (χ4n) is 9.74. The molecule has 0 aliphatic carbocycles. The van der Waals surface area contributed by atoms with Gasteiger partial charge in [0, 0.05) is 25.7 Å².